The Morgan fingerprint density at radius 1 is 1.50 bits per heavy atom. The van der Waals surface area contributed by atoms with Crippen LogP contribution in [0.1, 0.15) is 19.8 Å². The number of alkyl halides is 1. The van der Waals surface area contributed by atoms with Crippen molar-refractivity contribution in [2.45, 2.75) is 19.8 Å². The summed E-state index contributed by atoms with van der Waals surface area (Å²) in [5, 5.41) is 0. The summed E-state index contributed by atoms with van der Waals surface area (Å²) in [4.78, 5) is 9.14. The summed E-state index contributed by atoms with van der Waals surface area (Å²) >= 11 is 5.38. The summed E-state index contributed by atoms with van der Waals surface area (Å²) < 4.78 is 11.1. The quantitative estimate of drug-likeness (QED) is 0.526. The van der Waals surface area contributed by atoms with E-state index in [1.54, 1.807) is 0 Å². The van der Waals surface area contributed by atoms with E-state index in [0.29, 0.717) is 24.6 Å². The minimum Gasteiger partial charge on any atom is -0.344 e. The summed E-state index contributed by atoms with van der Waals surface area (Å²) in [5.74, 6) is 0.480. The van der Waals surface area contributed by atoms with Crippen molar-refractivity contribution in [1.82, 2.24) is 0 Å². The topological polar surface area (TPSA) is 37.3 Å². The highest BCUT2D eigenvalue weighted by atomic mass is 35.5. The predicted molar refractivity (Wildman–Crippen MR) is 45.2 cm³/mol. The average Bonchev–Trinajstić information content (AvgIpc) is 1.84. The average molecular weight is 185 g/mol. The van der Waals surface area contributed by atoms with Gasteiger partial charge in [0, 0.05) is 18.2 Å². The Kier molecular flexibility index (Phi) is 5.42. The molecule has 0 aliphatic rings. The van der Waals surface area contributed by atoms with Crippen LogP contribution in [0, 0.1) is 0 Å². The molecule has 0 aromatic heterocycles. The first-order chi connectivity index (χ1) is 4.62. The van der Waals surface area contributed by atoms with Gasteiger partial charge in [0.05, 0.1) is 0 Å². The Bertz CT molecular complexity index is 127. The first-order valence-corrected chi connectivity index (χ1v) is 6.05. The molecule has 62 valence electrons. The highest BCUT2D eigenvalue weighted by molar-refractivity contribution is 7.57. The number of rotatable bonds is 5. The summed E-state index contributed by atoms with van der Waals surface area (Å²) in [6.07, 6.45) is 2.24. The molecule has 0 saturated heterocycles. The van der Waals surface area contributed by atoms with E-state index in [-0.39, 0.29) is 0 Å². The Morgan fingerprint density at radius 2 is 2.10 bits per heavy atom. The van der Waals surface area contributed by atoms with Crippen LogP contribution in [-0.4, -0.2) is 23.1 Å². The molecule has 1 N–H and O–H groups in total. The molecule has 0 rings (SSSR count). The third-order valence-electron chi connectivity index (χ3n) is 1.21. The van der Waals surface area contributed by atoms with E-state index in [1.807, 2.05) is 6.92 Å². The highest BCUT2D eigenvalue weighted by Crippen LogP contribution is 2.41. The Balaban J connectivity index is 3.53. The maximum Gasteiger partial charge on any atom is 0.200 e. The van der Waals surface area contributed by atoms with Crippen LogP contribution in [0.4, 0.5) is 0 Å². The third kappa shape index (κ3) is 5.28. The van der Waals surface area contributed by atoms with Crippen molar-refractivity contribution in [3.63, 3.8) is 0 Å². The first kappa shape index (κ1) is 10.5. The van der Waals surface area contributed by atoms with Crippen molar-refractivity contribution in [3.8, 4) is 0 Å². The first-order valence-electron chi connectivity index (χ1n) is 3.49. The van der Waals surface area contributed by atoms with Gasteiger partial charge in [-0.3, -0.25) is 4.57 Å². The standard InChI is InChI=1S/C6H14ClO2P/c1-2-5-10(8,9)6-3-4-7/h2-6H2,1H3,(H,8,9). The Hall–Kier alpha value is 0.480. The fourth-order valence-corrected chi connectivity index (χ4v) is 2.66. The highest BCUT2D eigenvalue weighted by Gasteiger charge is 2.14. The van der Waals surface area contributed by atoms with E-state index in [9.17, 15) is 4.57 Å². The minimum atomic E-state index is -2.79. The lowest BCUT2D eigenvalue weighted by Gasteiger charge is -2.07. The van der Waals surface area contributed by atoms with Crippen LogP contribution in [-0.2, 0) is 4.57 Å². The lowest BCUT2D eigenvalue weighted by Crippen LogP contribution is -1.94. The van der Waals surface area contributed by atoms with Gasteiger partial charge < -0.3 is 4.89 Å². The van der Waals surface area contributed by atoms with Crippen LogP contribution >= 0.6 is 19.0 Å². The molecule has 0 fully saturated rings. The molecule has 0 spiro atoms. The lowest BCUT2D eigenvalue weighted by atomic mass is 10.6. The zero-order valence-corrected chi connectivity index (χ0v) is 7.87. The molecule has 0 saturated carbocycles. The summed E-state index contributed by atoms with van der Waals surface area (Å²) in [6, 6.07) is 0. The lowest BCUT2D eigenvalue weighted by molar-refractivity contribution is 0.476. The largest absolute Gasteiger partial charge is 0.344 e. The van der Waals surface area contributed by atoms with E-state index in [0.717, 1.165) is 6.42 Å². The molecular formula is C6H14ClO2P. The fraction of sp³-hybridized carbons (Fsp3) is 1.00. The van der Waals surface area contributed by atoms with E-state index < -0.39 is 7.37 Å². The molecule has 1 atom stereocenters. The minimum absolute atomic E-state index is 0.379. The Labute approximate surface area is 67.0 Å². The molecule has 2 nitrogen and oxygen atoms in total. The van der Waals surface area contributed by atoms with Gasteiger partial charge in [-0.25, -0.2) is 0 Å². The maximum absolute atomic E-state index is 11.1. The molecule has 0 aliphatic heterocycles. The van der Waals surface area contributed by atoms with Gasteiger partial charge in [-0.1, -0.05) is 6.92 Å². The van der Waals surface area contributed by atoms with Crippen molar-refractivity contribution in [2.24, 2.45) is 0 Å². The molecule has 4 heteroatoms. The van der Waals surface area contributed by atoms with Gasteiger partial charge in [0.1, 0.15) is 0 Å². The molecule has 0 amide bonds. The van der Waals surface area contributed by atoms with Gasteiger partial charge >= 0.3 is 0 Å². The van der Waals surface area contributed by atoms with E-state index >= 15 is 0 Å². The predicted octanol–water partition coefficient (Wildman–Crippen LogP) is 2.30. The molecule has 0 radical (unpaired) electrons. The fourth-order valence-electron chi connectivity index (χ4n) is 0.768. The second-order valence-electron chi connectivity index (χ2n) is 2.34. The number of halogens is 1. The monoisotopic (exact) mass is 184 g/mol. The Morgan fingerprint density at radius 3 is 2.50 bits per heavy atom. The van der Waals surface area contributed by atoms with Crippen LogP contribution < -0.4 is 0 Å². The molecular weight excluding hydrogens is 170 g/mol. The van der Waals surface area contributed by atoms with Crippen LogP contribution in [0.25, 0.3) is 0 Å². The van der Waals surface area contributed by atoms with Gasteiger partial charge in [-0.05, 0) is 12.8 Å². The van der Waals surface area contributed by atoms with Crippen LogP contribution in [0.3, 0.4) is 0 Å². The second-order valence-corrected chi connectivity index (χ2v) is 5.30. The van der Waals surface area contributed by atoms with E-state index in [1.165, 1.54) is 0 Å². The van der Waals surface area contributed by atoms with Crippen molar-refractivity contribution in [1.29, 1.82) is 0 Å². The van der Waals surface area contributed by atoms with Gasteiger partial charge in [0.2, 0.25) is 7.37 Å². The van der Waals surface area contributed by atoms with Crippen molar-refractivity contribution in [3.05, 3.63) is 0 Å². The van der Waals surface area contributed by atoms with Crippen LogP contribution in [0.15, 0.2) is 0 Å². The zero-order valence-electron chi connectivity index (χ0n) is 6.22. The zero-order chi connectivity index (χ0) is 8.04. The maximum atomic E-state index is 11.1. The molecule has 0 aromatic carbocycles. The second kappa shape index (κ2) is 5.17. The van der Waals surface area contributed by atoms with Crippen molar-refractivity contribution in [2.75, 3.05) is 18.2 Å². The van der Waals surface area contributed by atoms with Crippen molar-refractivity contribution < 1.29 is 9.46 Å². The van der Waals surface area contributed by atoms with Crippen LogP contribution in [0.2, 0.25) is 0 Å². The molecule has 0 bridgehead atoms. The summed E-state index contributed by atoms with van der Waals surface area (Å²) in [7, 11) is -2.79. The van der Waals surface area contributed by atoms with Crippen LogP contribution in [0.5, 0.6) is 0 Å². The molecule has 1 unspecified atom stereocenters. The molecule has 0 aromatic rings. The molecule has 10 heavy (non-hydrogen) atoms. The number of hydrogen-bond donors (Lipinski definition) is 1. The van der Waals surface area contributed by atoms with E-state index in [2.05, 4.69) is 0 Å². The van der Waals surface area contributed by atoms with Gasteiger partial charge in [-0.2, -0.15) is 0 Å². The van der Waals surface area contributed by atoms with E-state index in [4.69, 9.17) is 16.5 Å². The smallest absolute Gasteiger partial charge is 0.200 e. The molecule has 0 aliphatic carbocycles. The van der Waals surface area contributed by atoms with Crippen molar-refractivity contribution >= 4 is 19.0 Å². The third-order valence-corrected chi connectivity index (χ3v) is 3.64. The SMILES string of the molecule is CCCP(=O)(O)CCCCl. The summed E-state index contributed by atoms with van der Waals surface area (Å²) in [5.41, 5.74) is 0. The van der Waals surface area contributed by atoms with Gasteiger partial charge in [-0.15, -0.1) is 11.6 Å². The van der Waals surface area contributed by atoms with Gasteiger partial charge in [0.25, 0.3) is 0 Å². The number of hydrogen-bond acceptors (Lipinski definition) is 1. The molecule has 0 heterocycles. The van der Waals surface area contributed by atoms with Gasteiger partial charge in [0.15, 0.2) is 0 Å². The summed E-state index contributed by atoms with van der Waals surface area (Å²) in [6.45, 7) is 1.91. The normalized spacial score (nSPS) is 16.7.